The van der Waals surface area contributed by atoms with E-state index in [0.29, 0.717) is 5.95 Å². The Kier molecular flexibility index (Phi) is 16.0. The molecule has 7 aromatic carbocycles. The van der Waals surface area contributed by atoms with Gasteiger partial charge in [0.25, 0.3) is 0 Å². The highest BCUT2D eigenvalue weighted by Crippen LogP contribution is 2.40. The Balaban J connectivity index is 0.000000384. The van der Waals surface area contributed by atoms with Gasteiger partial charge in [0.15, 0.2) is 0 Å². The highest BCUT2D eigenvalue weighted by molar-refractivity contribution is 7.79. The second-order valence-electron chi connectivity index (χ2n) is 14.2. The Morgan fingerprint density at radius 1 is 0.574 bits per heavy atom. The molecule has 2 heterocycles. The van der Waals surface area contributed by atoms with Crippen molar-refractivity contribution < 1.29 is 0 Å². The normalized spacial score (nSPS) is 12.4. The van der Waals surface area contributed by atoms with Gasteiger partial charge in [0, 0.05) is 28.9 Å². The van der Waals surface area contributed by atoms with E-state index in [1.165, 1.54) is 16.7 Å². The fraction of sp³-hybridized carbons (Fsp3) is 0.0877. The predicted octanol–water partition coefficient (Wildman–Crippen LogP) is 15.9. The summed E-state index contributed by atoms with van der Waals surface area (Å²) in [5.74, 6) is 0.596. The Morgan fingerprint density at radius 2 is 1.10 bits per heavy atom. The maximum atomic E-state index is 5.20. The summed E-state index contributed by atoms with van der Waals surface area (Å²) in [5, 5.41) is 2.27. The van der Waals surface area contributed by atoms with Crippen LogP contribution in [-0.2, 0) is 6.42 Å². The zero-order valence-corrected chi connectivity index (χ0v) is 36.2. The quantitative estimate of drug-likeness (QED) is 0.128. The molecule has 0 bridgehead atoms. The lowest BCUT2D eigenvalue weighted by atomic mass is 9.94. The summed E-state index contributed by atoms with van der Waals surface area (Å²) in [5.41, 5.74) is 13.3. The first-order chi connectivity index (χ1) is 30.1. The fourth-order valence-electron chi connectivity index (χ4n) is 6.98. The number of fused-ring (bicyclic) bond motifs is 3. The molecule has 0 aliphatic carbocycles. The van der Waals surface area contributed by atoms with E-state index in [2.05, 4.69) is 202 Å². The van der Waals surface area contributed by atoms with Gasteiger partial charge in [-0.2, -0.15) is 12.6 Å². The summed E-state index contributed by atoms with van der Waals surface area (Å²) in [6.07, 6.45) is 15.7. The van der Waals surface area contributed by atoms with Crippen molar-refractivity contribution in [2.45, 2.75) is 26.7 Å². The summed E-state index contributed by atoms with van der Waals surface area (Å²) >= 11 is 3.53. The van der Waals surface area contributed by atoms with Crippen molar-refractivity contribution >= 4 is 40.6 Å². The summed E-state index contributed by atoms with van der Waals surface area (Å²) in [6, 6.07) is 61.7. The first-order valence-corrected chi connectivity index (χ1v) is 21.6. The summed E-state index contributed by atoms with van der Waals surface area (Å²) in [7, 11) is 0. The number of aromatic nitrogens is 2. The van der Waals surface area contributed by atoms with E-state index in [1.54, 1.807) is 6.26 Å². The van der Waals surface area contributed by atoms with Crippen molar-refractivity contribution in [1.82, 2.24) is 9.97 Å². The molecule has 0 fully saturated rings. The molecule has 3 nitrogen and oxygen atoms in total. The molecule has 0 amide bonds. The van der Waals surface area contributed by atoms with Crippen LogP contribution < -0.4 is 4.90 Å². The minimum Gasteiger partial charge on any atom is -0.285 e. The van der Waals surface area contributed by atoms with Crippen LogP contribution in [0.2, 0.25) is 0 Å². The van der Waals surface area contributed by atoms with Crippen LogP contribution >= 0.6 is 12.6 Å². The zero-order chi connectivity index (χ0) is 42.8. The minimum atomic E-state index is 0.596. The average molecular weight is 812 g/mol. The third-order valence-electron chi connectivity index (χ3n) is 10.2. The van der Waals surface area contributed by atoms with Crippen LogP contribution in [0.4, 0.5) is 11.6 Å². The third kappa shape index (κ3) is 11.2. The maximum Gasteiger partial charge on any atom is 0.234 e. The van der Waals surface area contributed by atoms with E-state index in [4.69, 9.17) is 9.97 Å². The molecule has 0 saturated carbocycles. The largest absolute Gasteiger partial charge is 0.285 e. The first-order valence-electron chi connectivity index (χ1n) is 20.7. The molecule has 0 radical (unpaired) electrons. The van der Waals surface area contributed by atoms with Crippen LogP contribution in [0.1, 0.15) is 31.4 Å². The molecule has 1 aliphatic heterocycles. The molecule has 4 heteroatoms. The molecule has 0 unspecified atom stereocenters. The molecule has 1 aromatic heterocycles. The molecule has 0 atom stereocenters. The van der Waals surface area contributed by atoms with Crippen LogP contribution in [0, 0.1) is 0 Å². The van der Waals surface area contributed by atoms with Crippen molar-refractivity contribution in [2.24, 2.45) is 0 Å². The number of thiol groups is 1. The zero-order valence-electron chi connectivity index (χ0n) is 35.3. The molecule has 1 aliphatic rings. The smallest absolute Gasteiger partial charge is 0.234 e. The number of aryl methyl sites for hydroxylation is 1. The molecule has 8 aromatic rings. The van der Waals surface area contributed by atoms with Gasteiger partial charge in [0.2, 0.25) is 5.95 Å². The lowest BCUT2D eigenvalue weighted by molar-refractivity contribution is 1.08. The van der Waals surface area contributed by atoms with Gasteiger partial charge >= 0.3 is 0 Å². The van der Waals surface area contributed by atoms with Crippen molar-refractivity contribution in [3.8, 4) is 44.6 Å². The number of allylic oxidation sites excluding steroid dienone is 5. The number of hydrogen-bond donors (Lipinski definition) is 1. The standard InChI is InChI=1S/C44H31N3.C8H10.C4H8.CH4S/c1-31-12-10-11-27-47(43-40(31)24-23-36-17-8-9-18-41(36)43)44-45-26-25-42(46-44)39-29-37(33-15-6-3-7-16-33)28-38(30-39)35-21-19-34(20-22-35)32-13-4-2-5-14-32;1-2-8-6-4-3-5-7-8;1-3-4-2;1-2/h2-30H,1H2;3-7H,2H2,1H3;3H,1,4H2,2H3;2H,1H3/b12-10-,27-11-;;;. The van der Waals surface area contributed by atoms with Crippen LogP contribution in [-0.4, -0.2) is 16.2 Å². The molecular formula is C57H53N3S. The number of nitrogens with zero attached hydrogens (tertiary/aromatic N) is 3. The molecule has 302 valence electrons. The van der Waals surface area contributed by atoms with Crippen LogP contribution in [0.15, 0.2) is 226 Å². The van der Waals surface area contributed by atoms with Crippen LogP contribution in [0.5, 0.6) is 0 Å². The van der Waals surface area contributed by atoms with E-state index in [9.17, 15) is 0 Å². The second kappa shape index (κ2) is 22.4. The average Bonchev–Trinajstić information content (AvgIpc) is 3.34. The Bertz CT molecular complexity index is 2700. The van der Waals surface area contributed by atoms with Gasteiger partial charge in [0.05, 0.1) is 11.4 Å². The lowest BCUT2D eigenvalue weighted by Gasteiger charge is -2.25. The Labute approximate surface area is 368 Å². The summed E-state index contributed by atoms with van der Waals surface area (Å²) < 4.78 is 0. The van der Waals surface area contributed by atoms with Crippen molar-refractivity contribution in [1.29, 1.82) is 0 Å². The van der Waals surface area contributed by atoms with E-state index >= 15 is 0 Å². The van der Waals surface area contributed by atoms with E-state index in [0.717, 1.165) is 73.9 Å². The molecule has 9 rings (SSSR count). The van der Waals surface area contributed by atoms with Gasteiger partial charge < -0.3 is 0 Å². The maximum absolute atomic E-state index is 5.20. The molecule has 0 spiro atoms. The van der Waals surface area contributed by atoms with Gasteiger partial charge in [-0.15, -0.1) is 6.58 Å². The van der Waals surface area contributed by atoms with Crippen LogP contribution in [0.25, 0.3) is 61.0 Å². The third-order valence-corrected chi connectivity index (χ3v) is 10.2. The van der Waals surface area contributed by atoms with E-state index in [1.807, 2.05) is 54.9 Å². The lowest BCUT2D eigenvalue weighted by Crippen LogP contribution is -2.15. The molecule has 0 saturated heterocycles. The molecule has 61 heavy (non-hydrogen) atoms. The number of rotatable bonds is 7. The van der Waals surface area contributed by atoms with Gasteiger partial charge in [-0.05, 0) is 99.3 Å². The van der Waals surface area contributed by atoms with Crippen LogP contribution in [0.3, 0.4) is 0 Å². The predicted molar refractivity (Wildman–Crippen MR) is 268 cm³/mol. The SMILES string of the molecule is C=C1/C=C\C=C/N(c2nccc(-c3cc(-c4ccccc4)cc(-c4ccc(-c5ccccc5)cc4)c3)n2)c2c1ccc1ccccc21.C=CCC.CCc1ccccc1.CS. The van der Waals surface area contributed by atoms with Crippen molar-refractivity contribution in [2.75, 3.05) is 11.2 Å². The van der Waals surface area contributed by atoms with Gasteiger partial charge in [-0.25, -0.2) is 9.97 Å². The first kappa shape index (κ1) is 43.6. The summed E-state index contributed by atoms with van der Waals surface area (Å²) in [6.45, 7) is 12.1. The number of hydrogen-bond acceptors (Lipinski definition) is 4. The Morgan fingerprint density at radius 3 is 1.69 bits per heavy atom. The number of anilines is 2. The van der Waals surface area contributed by atoms with Gasteiger partial charge in [-0.1, -0.05) is 190 Å². The highest BCUT2D eigenvalue weighted by atomic mass is 32.1. The van der Waals surface area contributed by atoms with E-state index < -0.39 is 0 Å². The molecule has 0 N–H and O–H groups in total. The topological polar surface area (TPSA) is 29.0 Å². The summed E-state index contributed by atoms with van der Waals surface area (Å²) in [4.78, 5) is 12.1. The van der Waals surface area contributed by atoms with Gasteiger partial charge in [-0.3, -0.25) is 4.90 Å². The monoisotopic (exact) mass is 811 g/mol. The van der Waals surface area contributed by atoms with Gasteiger partial charge in [0.1, 0.15) is 0 Å². The number of benzene rings is 7. The van der Waals surface area contributed by atoms with E-state index in [-0.39, 0.29) is 0 Å². The van der Waals surface area contributed by atoms with Crippen molar-refractivity contribution in [3.63, 3.8) is 0 Å². The second-order valence-corrected chi connectivity index (χ2v) is 14.2. The van der Waals surface area contributed by atoms with Crippen molar-refractivity contribution in [3.05, 3.63) is 237 Å². The molecular weight excluding hydrogens is 759 g/mol. The fourth-order valence-corrected chi connectivity index (χ4v) is 6.98. The minimum absolute atomic E-state index is 0.596. The highest BCUT2D eigenvalue weighted by Gasteiger charge is 2.20. The Hall–Kier alpha value is -7.01.